The first kappa shape index (κ1) is 22.1. The maximum absolute atomic E-state index is 6.57. The van der Waals surface area contributed by atoms with Crippen molar-refractivity contribution in [3.63, 3.8) is 0 Å². The molecule has 0 bridgehead atoms. The second-order valence-corrected chi connectivity index (χ2v) is 8.47. The van der Waals surface area contributed by atoms with Gasteiger partial charge in [-0.25, -0.2) is 9.97 Å². The third kappa shape index (κ3) is 4.58. The molecular weight excluding hydrogens is 437 g/mol. The van der Waals surface area contributed by atoms with Crippen LogP contribution in [0.15, 0.2) is 30.5 Å². The first-order valence-electron chi connectivity index (χ1n) is 10.1. The number of fused-ring (bicyclic) bond motifs is 1. The normalized spacial score (nSPS) is 18.5. The largest absolute Gasteiger partial charge is 0.495 e. The Hall–Kier alpha value is -2.12. The predicted octanol–water partition coefficient (Wildman–Crippen LogP) is 4.79. The highest BCUT2D eigenvalue weighted by molar-refractivity contribution is 6.41. The first-order chi connectivity index (χ1) is 15.0. The van der Waals surface area contributed by atoms with Crippen molar-refractivity contribution in [1.29, 1.82) is 0 Å². The molecule has 0 unspecified atom stereocenters. The molecular formula is C23H25Cl2N3O3. The van der Waals surface area contributed by atoms with Crippen LogP contribution in [0.3, 0.4) is 0 Å². The number of rotatable bonds is 7. The van der Waals surface area contributed by atoms with Gasteiger partial charge in [-0.05, 0) is 36.6 Å². The number of nitrogens with one attached hydrogen (secondary N) is 1. The Kier molecular flexibility index (Phi) is 6.82. The molecule has 164 valence electrons. The number of ether oxygens (including phenoxy) is 3. The van der Waals surface area contributed by atoms with E-state index in [0.717, 1.165) is 48.3 Å². The minimum Gasteiger partial charge on any atom is -0.495 e. The van der Waals surface area contributed by atoms with Gasteiger partial charge in [-0.15, -0.1) is 0 Å². The van der Waals surface area contributed by atoms with Crippen molar-refractivity contribution >= 4 is 34.1 Å². The van der Waals surface area contributed by atoms with Gasteiger partial charge in [0.05, 0.1) is 36.4 Å². The summed E-state index contributed by atoms with van der Waals surface area (Å²) in [7, 11) is 4.86. The number of halogens is 2. The average molecular weight is 462 g/mol. The lowest BCUT2D eigenvalue weighted by Gasteiger charge is -2.15. The molecule has 2 heterocycles. The van der Waals surface area contributed by atoms with Crippen molar-refractivity contribution in [3.05, 3.63) is 46.3 Å². The second-order valence-electron chi connectivity index (χ2n) is 7.71. The zero-order valence-corrected chi connectivity index (χ0v) is 19.3. The molecule has 0 radical (unpaired) electrons. The molecule has 3 aromatic rings. The van der Waals surface area contributed by atoms with E-state index in [4.69, 9.17) is 42.4 Å². The van der Waals surface area contributed by atoms with Gasteiger partial charge in [0.1, 0.15) is 17.3 Å². The van der Waals surface area contributed by atoms with E-state index in [1.807, 2.05) is 24.4 Å². The third-order valence-corrected chi connectivity index (χ3v) is 6.39. The lowest BCUT2D eigenvalue weighted by atomic mass is 10.0. The van der Waals surface area contributed by atoms with E-state index < -0.39 is 0 Å². The zero-order chi connectivity index (χ0) is 22.0. The molecule has 1 fully saturated rings. The molecule has 2 aromatic carbocycles. The highest BCUT2D eigenvalue weighted by Crippen LogP contribution is 2.46. The number of benzene rings is 2. The molecule has 1 aliphatic rings. The fourth-order valence-electron chi connectivity index (χ4n) is 4.11. The van der Waals surface area contributed by atoms with Gasteiger partial charge in [0.25, 0.3) is 0 Å². The summed E-state index contributed by atoms with van der Waals surface area (Å²) in [5.74, 6) is 2.37. The van der Waals surface area contributed by atoms with Crippen LogP contribution >= 0.6 is 23.2 Å². The van der Waals surface area contributed by atoms with Gasteiger partial charge in [0.15, 0.2) is 0 Å². The van der Waals surface area contributed by atoms with Gasteiger partial charge < -0.3 is 19.5 Å². The molecule has 0 aliphatic carbocycles. The summed E-state index contributed by atoms with van der Waals surface area (Å²) in [6.07, 6.45) is 3.77. The summed E-state index contributed by atoms with van der Waals surface area (Å²) in [4.78, 5) is 9.37. The van der Waals surface area contributed by atoms with Crippen LogP contribution in [-0.4, -0.2) is 50.5 Å². The van der Waals surface area contributed by atoms with Crippen LogP contribution in [0.25, 0.3) is 22.0 Å². The lowest BCUT2D eigenvalue weighted by Crippen LogP contribution is -2.25. The SMILES string of the molecule is COC[C@@H]1C[C@H](Cc2ncc3cc(-c4c(Cl)c(OC)cc(OC)c4Cl)ccc3n2)CN1. The van der Waals surface area contributed by atoms with Crippen molar-refractivity contribution in [1.82, 2.24) is 15.3 Å². The smallest absolute Gasteiger partial charge is 0.141 e. The van der Waals surface area contributed by atoms with Crippen LogP contribution in [0.5, 0.6) is 11.5 Å². The van der Waals surface area contributed by atoms with E-state index >= 15 is 0 Å². The number of hydrogen-bond donors (Lipinski definition) is 1. The van der Waals surface area contributed by atoms with Gasteiger partial charge in [0.2, 0.25) is 0 Å². The maximum Gasteiger partial charge on any atom is 0.141 e. The van der Waals surface area contributed by atoms with Gasteiger partial charge in [-0.3, -0.25) is 0 Å². The van der Waals surface area contributed by atoms with Gasteiger partial charge in [-0.1, -0.05) is 29.3 Å². The van der Waals surface area contributed by atoms with Crippen LogP contribution in [0.2, 0.25) is 10.0 Å². The summed E-state index contributed by atoms with van der Waals surface area (Å²) < 4.78 is 16.0. The lowest BCUT2D eigenvalue weighted by molar-refractivity contribution is 0.172. The van der Waals surface area contributed by atoms with E-state index in [9.17, 15) is 0 Å². The minimum absolute atomic E-state index is 0.410. The van der Waals surface area contributed by atoms with Crippen molar-refractivity contribution < 1.29 is 14.2 Å². The van der Waals surface area contributed by atoms with Gasteiger partial charge in [-0.2, -0.15) is 0 Å². The molecule has 1 aliphatic heterocycles. The first-order valence-corrected chi connectivity index (χ1v) is 10.9. The molecule has 4 rings (SSSR count). The van der Waals surface area contributed by atoms with E-state index in [2.05, 4.69) is 10.3 Å². The van der Waals surface area contributed by atoms with Crippen molar-refractivity contribution in [2.45, 2.75) is 18.9 Å². The Morgan fingerprint density at radius 3 is 2.48 bits per heavy atom. The summed E-state index contributed by atoms with van der Waals surface area (Å²) in [6, 6.07) is 8.00. The highest BCUT2D eigenvalue weighted by Gasteiger charge is 2.25. The molecule has 31 heavy (non-hydrogen) atoms. The second kappa shape index (κ2) is 9.57. The monoisotopic (exact) mass is 461 g/mol. The Morgan fingerprint density at radius 1 is 1.06 bits per heavy atom. The zero-order valence-electron chi connectivity index (χ0n) is 17.7. The van der Waals surface area contributed by atoms with E-state index in [-0.39, 0.29) is 0 Å². The molecule has 0 spiro atoms. The fourth-order valence-corrected chi connectivity index (χ4v) is 4.83. The molecule has 0 saturated carbocycles. The molecule has 0 amide bonds. The van der Waals surface area contributed by atoms with Crippen molar-refractivity contribution in [2.24, 2.45) is 5.92 Å². The van der Waals surface area contributed by atoms with Crippen LogP contribution < -0.4 is 14.8 Å². The maximum atomic E-state index is 6.57. The van der Waals surface area contributed by atoms with Crippen LogP contribution in [0, 0.1) is 5.92 Å². The van der Waals surface area contributed by atoms with E-state index in [1.165, 1.54) is 0 Å². The standard InChI is InChI=1S/C23H25Cl2N3O3/c1-29-12-16-6-13(10-26-16)7-20-27-11-15-8-14(4-5-17(15)28-20)21-22(24)18(30-2)9-19(31-3)23(21)25/h4-5,8-9,11,13,16,26H,6-7,10,12H2,1-3H3/t13-,16+/m1/s1. The summed E-state index contributed by atoms with van der Waals surface area (Å²) >= 11 is 13.1. The highest BCUT2D eigenvalue weighted by atomic mass is 35.5. The summed E-state index contributed by atoms with van der Waals surface area (Å²) in [5, 5.41) is 5.28. The predicted molar refractivity (Wildman–Crippen MR) is 124 cm³/mol. The van der Waals surface area contributed by atoms with Crippen LogP contribution in [0.1, 0.15) is 12.2 Å². The number of aromatic nitrogens is 2. The van der Waals surface area contributed by atoms with Crippen molar-refractivity contribution in [2.75, 3.05) is 34.5 Å². The number of hydrogen-bond acceptors (Lipinski definition) is 6. The molecule has 1 aromatic heterocycles. The fraction of sp³-hybridized carbons (Fsp3) is 0.391. The van der Waals surface area contributed by atoms with Crippen LogP contribution in [0.4, 0.5) is 0 Å². The Morgan fingerprint density at radius 2 is 1.81 bits per heavy atom. The Bertz CT molecular complexity index is 1070. The quantitative estimate of drug-likeness (QED) is 0.545. The Labute approximate surface area is 191 Å². The minimum atomic E-state index is 0.410. The average Bonchev–Trinajstić information content (AvgIpc) is 3.21. The van der Waals surface area contributed by atoms with Crippen LogP contribution in [-0.2, 0) is 11.2 Å². The van der Waals surface area contributed by atoms with E-state index in [1.54, 1.807) is 27.4 Å². The third-order valence-electron chi connectivity index (χ3n) is 5.64. The summed E-state index contributed by atoms with van der Waals surface area (Å²) in [5.41, 5.74) is 2.39. The number of nitrogens with zero attached hydrogens (tertiary/aromatic N) is 2. The summed E-state index contributed by atoms with van der Waals surface area (Å²) in [6.45, 7) is 1.70. The number of methoxy groups -OCH3 is 3. The molecule has 6 nitrogen and oxygen atoms in total. The Balaban J connectivity index is 1.62. The van der Waals surface area contributed by atoms with Gasteiger partial charge in [0, 0.05) is 42.8 Å². The topological polar surface area (TPSA) is 65.5 Å². The molecule has 2 atom stereocenters. The molecule has 1 N–H and O–H groups in total. The molecule has 1 saturated heterocycles. The van der Waals surface area contributed by atoms with Crippen molar-refractivity contribution in [3.8, 4) is 22.6 Å². The van der Waals surface area contributed by atoms with Gasteiger partial charge >= 0.3 is 0 Å². The molecule has 8 heteroatoms. The van der Waals surface area contributed by atoms with E-state index in [0.29, 0.717) is 39.1 Å².